The summed E-state index contributed by atoms with van der Waals surface area (Å²) >= 11 is 6.09. The molecule has 3 rings (SSSR count). The van der Waals surface area contributed by atoms with Crippen molar-refractivity contribution in [3.8, 4) is 11.5 Å². The van der Waals surface area contributed by atoms with Gasteiger partial charge in [-0.3, -0.25) is 13.9 Å². The number of amides is 2. The first-order valence-corrected chi connectivity index (χ1v) is 15.5. The predicted octanol–water partition coefficient (Wildman–Crippen LogP) is 5.19. The van der Waals surface area contributed by atoms with E-state index in [1.807, 2.05) is 38.1 Å². The maximum absolute atomic E-state index is 14.1. The van der Waals surface area contributed by atoms with E-state index in [1.54, 1.807) is 19.1 Å². The zero-order valence-corrected chi connectivity index (χ0v) is 26.2. The van der Waals surface area contributed by atoms with Crippen molar-refractivity contribution in [2.45, 2.75) is 51.1 Å². The third kappa shape index (κ3) is 7.95. The fourth-order valence-electron chi connectivity index (χ4n) is 4.33. The largest absolute Gasteiger partial charge is 0.493 e. The van der Waals surface area contributed by atoms with Gasteiger partial charge in [-0.1, -0.05) is 49.2 Å². The lowest BCUT2D eigenvalue weighted by atomic mass is 10.1. The summed E-state index contributed by atoms with van der Waals surface area (Å²) in [5, 5.41) is 3.29. The Morgan fingerprint density at radius 1 is 0.976 bits per heavy atom. The van der Waals surface area contributed by atoms with Crippen LogP contribution in [-0.4, -0.2) is 58.5 Å². The van der Waals surface area contributed by atoms with Crippen molar-refractivity contribution in [3.05, 3.63) is 82.9 Å². The van der Waals surface area contributed by atoms with Crippen molar-refractivity contribution >= 4 is 39.1 Å². The number of unbranched alkanes of at least 4 members (excludes halogenated alkanes) is 1. The molecule has 0 saturated carbocycles. The number of hydrogen-bond donors (Lipinski definition) is 1. The van der Waals surface area contributed by atoms with Crippen LogP contribution in [0.25, 0.3) is 0 Å². The minimum Gasteiger partial charge on any atom is -0.493 e. The van der Waals surface area contributed by atoms with Crippen molar-refractivity contribution in [2.24, 2.45) is 0 Å². The number of halogens is 1. The van der Waals surface area contributed by atoms with Crippen molar-refractivity contribution in [1.29, 1.82) is 0 Å². The number of sulfonamides is 1. The second-order valence-electron chi connectivity index (χ2n) is 9.77. The highest BCUT2D eigenvalue weighted by molar-refractivity contribution is 7.92. The lowest BCUT2D eigenvalue weighted by Crippen LogP contribution is -2.51. The lowest BCUT2D eigenvalue weighted by Gasteiger charge is -2.32. The van der Waals surface area contributed by atoms with Crippen LogP contribution in [0.5, 0.6) is 11.5 Å². The van der Waals surface area contributed by atoms with Crippen LogP contribution in [0, 0.1) is 6.92 Å². The molecular formula is C31H38ClN3O6S. The zero-order chi connectivity index (χ0) is 30.9. The molecule has 2 amide bonds. The van der Waals surface area contributed by atoms with Crippen LogP contribution >= 0.6 is 11.6 Å². The monoisotopic (exact) mass is 615 g/mol. The molecule has 0 fully saturated rings. The molecule has 9 nitrogen and oxygen atoms in total. The Labute approximate surface area is 253 Å². The number of hydrogen-bond acceptors (Lipinski definition) is 6. The Morgan fingerprint density at radius 2 is 1.64 bits per heavy atom. The van der Waals surface area contributed by atoms with Gasteiger partial charge in [0.2, 0.25) is 11.8 Å². The van der Waals surface area contributed by atoms with Crippen molar-refractivity contribution < 1.29 is 27.5 Å². The number of carbonyl (C=O) groups is 2. The van der Waals surface area contributed by atoms with Gasteiger partial charge in [0.1, 0.15) is 12.6 Å². The van der Waals surface area contributed by atoms with E-state index in [0.29, 0.717) is 17.3 Å². The number of nitrogens with one attached hydrogen (secondary N) is 1. The van der Waals surface area contributed by atoms with Crippen molar-refractivity contribution in [2.75, 3.05) is 31.6 Å². The number of ether oxygens (including phenoxy) is 2. The number of aryl methyl sites for hydroxylation is 1. The molecule has 11 heteroatoms. The molecule has 0 heterocycles. The van der Waals surface area contributed by atoms with Crippen LogP contribution in [0.15, 0.2) is 71.6 Å². The molecule has 0 aliphatic rings. The van der Waals surface area contributed by atoms with Gasteiger partial charge in [-0.05, 0) is 67.8 Å². The number of benzene rings is 3. The third-order valence-corrected chi connectivity index (χ3v) is 8.96. The number of anilines is 1. The summed E-state index contributed by atoms with van der Waals surface area (Å²) in [6.45, 7) is 5.64. The maximum atomic E-state index is 14.1. The van der Waals surface area contributed by atoms with Gasteiger partial charge in [-0.15, -0.1) is 0 Å². The molecule has 0 radical (unpaired) electrons. The van der Waals surface area contributed by atoms with Crippen molar-refractivity contribution in [3.63, 3.8) is 0 Å². The third-order valence-electron chi connectivity index (χ3n) is 6.94. The van der Waals surface area contributed by atoms with Crippen LogP contribution in [-0.2, 0) is 26.2 Å². The average molecular weight is 616 g/mol. The molecule has 0 aliphatic heterocycles. The summed E-state index contributed by atoms with van der Waals surface area (Å²) in [5.41, 5.74) is 2.03. The first-order valence-electron chi connectivity index (χ1n) is 13.7. The molecule has 42 heavy (non-hydrogen) atoms. The van der Waals surface area contributed by atoms with Gasteiger partial charge >= 0.3 is 0 Å². The number of methoxy groups -OCH3 is 2. The average Bonchev–Trinajstić information content (AvgIpc) is 2.99. The molecule has 0 aliphatic carbocycles. The Balaban J connectivity index is 2.05. The topological polar surface area (TPSA) is 105 Å². The molecule has 226 valence electrons. The van der Waals surface area contributed by atoms with E-state index < -0.39 is 28.5 Å². The Morgan fingerprint density at radius 3 is 2.26 bits per heavy atom. The summed E-state index contributed by atoms with van der Waals surface area (Å²) in [7, 11) is -1.43. The van der Waals surface area contributed by atoms with E-state index in [-0.39, 0.29) is 28.8 Å². The highest BCUT2D eigenvalue weighted by atomic mass is 35.5. The molecule has 3 aromatic rings. The quantitative estimate of drug-likeness (QED) is 0.250. The highest BCUT2D eigenvalue weighted by Gasteiger charge is 2.33. The first-order chi connectivity index (χ1) is 20.0. The van der Waals surface area contributed by atoms with Crippen molar-refractivity contribution in [1.82, 2.24) is 10.2 Å². The fraction of sp³-hybridized carbons (Fsp3) is 0.355. The molecular weight excluding hydrogens is 578 g/mol. The predicted molar refractivity (Wildman–Crippen MR) is 165 cm³/mol. The molecule has 0 bridgehead atoms. The maximum Gasteiger partial charge on any atom is 0.264 e. The van der Waals surface area contributed by atoms with Gasteiger partial charge in [0.25, 0.3) is 10.0 Å². The summed E-state index contributed by atoms with van der Waals surface area (Å²) in [5.74, 6) is -0.279. The van der Waals surface area contributed by atoms with E-state index in [2.05, 4.69) is 5.32 Å². The van der Waals surface area contributed by atoms with Crippen LogP contribution in [0.3, 0.4) is 0 Å². The van der Waals surface area contributed by atoms with Crippen LogP contribution in [0.2, 0.25) is 5.02 Å². The second-order valence-corrected chi connectivity index (χ2v) is 12.1. The highest BCUT2D eigenvalue weighted by Crippen LogP contribution is 2.32. The minimum absolute atomic E-state index is 0.0984. The summed E-state index contributed by atoms with van der Waals surface area (Å²) in [4.78, 5) is 28.5. The van der Waals surface area contributed by atoms with E-state index >= 15 is 0 Å². The molecule has 1 N–H and O–H groups in total. The zero-order valence-electron chi connectivity index (χ0n) is 24.6. The van der Waals surface area contributed by atoms with Gasteiger partial charge in [0.15, 0.2) is 11.5 Å². The van der Waals surface area contributed by atoms with Crippen LogP contribution in [0.4, 0.5) is 5.69 Å². The molecule has 1 unspecified atom stereocenters. The number of carbonyl (C=O) groups excluding carboxylic acids is 2. The van der Waals surface area contributed by atoms with Crippen LogP contribution < -0.4 is 19.1 Å². The number of nitrogens with zero attached hydrogens (tertiary/aromatic N) is 2. The van der Waals surface area contributed by atoms with Gasteiger partial charge in [-0.2, -0.15) is 0 Å². The Kier molecular flexibility index (Phi) is 11.6. The summed E-state index contributed by atoms with van der Waals surface area (Å²) in [6.07, 6.45) is 1.71. The SMILES string of the molecule is CCCCNC(=O)C(C)N(Cc1ccccc1C)C(=O)CN(c1ccc(Cl)cc1)S(=O)(=O)c1ccc(OC)c(OC)c1. The van der Waals surface area contributed by atoms with E-state index in [4.69, 9.17) is 21.1 Å². The molecule has 3 aromatic carbocycles. The standard InChI is InChI=1S/C31H38ClN3O6S/c1-6-7-18-33-31(37)23(3)34(20-24-11-9-8-10-22(24)2)30(36)21-35(26-14-12-25(32)13-15-26)42(38,39)27-16-17-28(40-4)29(19-27)41-5/h8-17,19,23H,6-7,18,20-21H2,1-5H3,(H,33,37). The summed E-state index contributed by atoms with van der Waals surface area (Å²) < 4.78 is 39.8. The molecule has 0 saturated heterocycles. The smallest absolute Gasteiger partial charge is 0.264 e. The molecule has 0 spiro atoms. The number of rotatable bonds is 14. The molecule has 1 atom stereocenters. The second kappa shape index (κ2) is 14.9. The Hall–Kier alpha value is -3.76. The summed E-state index contributed by atoms with van der Waals surface area (Å²) in [6, 6.07) is 17.1. The first kappa shape index (κ1) is 32.8. The normalized spacial score (nSPS) is 11.9. The van der Waals surface area contributed by atoms with Crippen LogP contribution in [0.1, 0.15) is 37.8 Å². The van der Waals surface area contributed by atoms with E-state index in [9.17, 15) is 18.0 Å². The Bertz CT molecular complexity index is 1480. The van der Waals surface area contributed by atoms with Gasteiger partial charge in [-0.25, -0.2) is 8.42 Å². The van der Waals surface area contributed by atoms with E-state index in [0.717, 1.165) is 28.3 Å². The minimum atomic E-state index is -4.29. The fourth-order valence-corrected chi connectivity index (χ4v) is 5.89. The van der Waals surface area contributed by atoms with E-state index in [1.165, 1.54) is 49.5 Å². The van der Waals surface area contributed by atoms with Gasteiger partial charge in [0.05, 0.1) is 24.8 Å². The van der Waals surface area contributed by atoms with Gasteiger partial charge in [0, 0.05) is 24.2 Å². The van der Waals surface area contributed by atoms with Gasteiger partial charge < -0.3 is 19.7 Å². The lowest BCUT2D eigenvalue weighted by molar-refractivity contribution is -0.139. The molecule has 0 aromatic heterocycles.